The third kappa shape index (κ3) is 3.76. The number of benzene rings is 2. The van der Waals surface area contributed by atoms with Gasteiger partial charge in [-0.25, -0.2) is 4.39 Å². The van der Waals surface area contributed by atoms with Crippen molar-refractivity contribution in [2.24, 2.45) is 0 Å². The van der Waals surface area contributed by atoms with Crippen LogP contribution in [0.2, 0.25) is 0 Å². The zero-order chi connectivity index (χ0) is 19.1. The molecule has 3 nitrogen and oxygen atoms in total. The van der Waals surface area contributed by atoms with Crippen LogP contribution in [0.4, 0.5) is 17.6 Å². The second kappa shape index (κ2) is 6.23. The second-order valence-corrected chi connectivity index (χ2v) is 6.98. The molecule has 0 aliphatic carbocycles. The van der Waals surface area contributed by atoms with Crippen molar-refractivity contribution in [1.29, 1.82) is 0 Å². The van der Waals surface area contributed by atoms with E-state index in [0.29, 0.717) is 11.6 Å². The molecule has 136 valence electrons. The predicted molar refractivity (Wildman–Crippen MR) is 88.8 cm³/mol. The van der Waals surface area contributed by atoms with Crippen LogP contribution in [0.15, 0.2) is 47.0 Å². The summed E-state index contributed by atoms with van der Waals surface area (Å²) in [5, 5.41) is 3.68. The van der Waals surface area contributed by atoms with Crippen molar-refractivity contribution < 1.29 is 22.1 Å². The van der Waals surface area contributed by atoms with Crippen LogP contribution in [0.1, 0.15) is 31.9 Å². The van der Waals surface area contributed by atoms with Gasteiger partial charge < -0.3 is 4.52 Å². The molecule has 0 amide bonds. The molecule has 0 N–H and O–H groups in total. The average molecular weight is 364 g/mol. The fraction of sp³-hybridized carbons (Fsp3) is 0.263. The maximum absolute atomic E-state index is 13.5. The highest BCUT2D eigenvalue weighted by Gasteiger charge is 2.32. The van der Waals surface area contributed by atoms with Gasteiger partial charge in [0.05, 0.1) is 5.56 Å². The minimum atomic E-state index is -4.66. The van der Waals surface area contributed by atoms with E-state index in [0.717, 1.165) is 17.7 Å². The highest BCUT2D eigenvalue weighted by molar-refractivity contribution is 5.61. The Labute approximate surface area is 147 Å². The van der Waals surface area contributed by atoms with Gasteiger partial charge in [0.15, 0.2) is 0 Å². The number of hydrogen-bond donors (Lipinski definition) is 0. The molecular weight excluding hydrogens is 348 g/mol. The van der Waals surface area contributed by atoms with E-state index < -0.39 is 17.6 Å². The van der Waals surface area contributed by atoms with Crippen molar-refractivity contribution in [3.8, 4) is 22.8 Å². The lowest BCUT2D eigenvalue weighted by atomic mass is 9.87. The minimum absolute atomic E-state index is 0.0197. The minimum Gasteiger partial charge on any atom is -0.334 e. The lowest BCUT2D eigenvalue weighted by Crippen LogP contribution is -2.10. The Morgan fingerprint density at radius 1 is 0.846 bits per heavy atom. The smallest absolute Gasteiger partial charge is 0.334 e. The molecule has 0 aliphatic rings. The highest BCUT2D eigenvalue weighted by atomic mass is 19.4. The van der Waals surface area contributed by atoms with Crippen molar-refractivity contribution >= 4 is 0 Å². The van der Waals surface area contributed by atoms with Crippen molar-refractivity contribution in [1.82, 2.24) is 10.1 Å². The molecule has 0 unspecified atom stereocenters. The Morgan fingerprint density at radius 3 is 2.08 bits per heavy atom. The van der Waals surface area contributed by atoms with Gasteiger partial charge in [-0.05, 0) is 41.3 Å². The van der Waals surface area contributed by atoms with Crippen molar-refractivity contribution in [2.45, 2.75) is 32.4 Å². The molecule has 3 rings (SSSR count). The van der Waals surface area contributed by atoms with Crippen LogP contribution in [0.5, 0.6) is 0 Å². The van der Waals surface area contributed by atoms with Gasteiger partial charge >= 0.3 is 6.18 Å². The summed E-state index contributed by atoms with van der Waals surface area (Å²) >= 11 is 0. The van der Waals surface area contributed by atoms with Crippen molar-refractivity contribution in [2.75, 3.05) is 0 Å². The number of alkyl halides is 3. The molecule has 3 aromatic rings. The Balaban J connectivity index is 1.95. The highest BCUT2D eigenvalue weighted by Crippen LogP contribution is 2.33. The Hall–Kier alpha value is -2.70. The Kier molecular flexibility index (Phi) is 4.34. The van der Waals surface area contributed by atoms with Crippen LogP contribution in [-0.2, 0) is 11.6 Å². The molecule has 0 bridgehead atoms. The monoisotopic (exact) mass is 364 g/mol. The van der Waals surface area contributed by atoms with Gasteiger partial charge in [-0.3, -0.25) is 0 Å². The van der Waals surface area contributed by atoms with E-state index in [1.165, 1.54) is 0 Å². The van der Waals surface area contributed by atoms with Gasteiger partial charge in [0, 0.05) is 11.1 Å². The quantitative estimate of drug-likeness (QED) is 0.535. The fourth-order valence-corrected chi connectivity index (χ4v) is 2.45. The van der Waals surface area contributed by atoms with Crippen molar-refractivity contribution in [3.05, 3.63) is 59.4 Å². The molecular formula is C19H16F4N2O. The van der Waals surface area contributed by atoms with Gasteiger partial charge in [0.2, 0.25) is 5.82 Å². The third-order valence-electron chi connectivity index (χ3n) is 3.91. The largest absolute Gasteiger partial charge is 0.416 e. The first-order valence-corrected chi connectivity index (χ1v) is 7.87. The number of rotatable bonds is 2. The lowest BCUT2D eigenvalue weighted by Gasteiger charge is -2.18. The van der Waals surface area contributed by atoms with Crippen LogP contribution in [0.25, 0.3) is 22.8 Å². The van der Waals surface area contributed by atoms with Crippen LogP contribution >= 0.6 is 0 Å². The van der Waals surface area contributed by atoms with Crippen LogP contribution < -0.4 is 0 Å². The van der Waals surface area contributed by atoms with Crippen LogP contribution in [0.3, 0.4) is 0 Å². The number of hydrogen-bond acceptors (Lipinski definition) is 3. The molecule has 0 fully saturated rings. The summed E-state index contributed by atoms with van der Waals surface area (Å²) in [6.07, 6.45) is -4.66. The third-order valence-corrected chi connectivity index (χ3v) is 3.91. The zero-order valence-electron chi connectivity index (χ0n) is 14.4. The maximum atomic E-state index is 13.5. The van der Waals surface area contributed by atoms with Crippen molar-refractivity contribution in [3.63, 3.8) is 0 Å². The van der Waals surface area contributed by atoms with Gasteiger partial charge in [0.1, 0.15) is 5.82 Å². The first-order chi connectivity index (χ1) is 12.0. The van der Waals surface area contributed by atoms with E-state index in [-0.39, 0.29) is 22.7 Å². The summed E-state index contributed by atoms with van der Waals surface area (Å²) in [5.41, 5.74) is 0.519. The standard InChI is InChI=1S/C19H16F4N2O/c1-18(2,3)13-6-4-11(5-7-13)17-24-16(25-26-17)12-8-14(19(21,22)23)10-15(20)9-12/h4-10H,1-3H3. The summed E-state index contributed by atoms with van der Waals surface area (Å²) < 4.78 is 57.2. The van der Waals surface area contributed by atoms with E-state index in [1.807, 2.05) is 12.1 Å². The number of nitrogens with zero attached hydrogens (tertiary/aromatic N) is 2. The normalized spacial score (nSPS) is 12.4. The first kappa shape index (κ1) is 18.1. The van der Waals surface area contributed by atoms with Gasteiger partial charge in [0.25, 0.3) is 5.89 Å². The average Bonchev–Trinajstić information content (AvgIpc) is 3.03. The molecule has 1 heterocycles. The van der Waals surface area contributed by atoms with Gasteiger partial charge in [-0.2, -0.15) is 18.2 Å². The number of aromatic nitrogens is 2. The van der Waals surface area contributed by atoms with E-state index in [2.05, 4.69) is 30.9 Å². The molecule has 2 aromatic carbocycles. The maximum Gasteiger partial charge on any atom is 0.416 e. The molecule has 1 aromatic heterocycles. The molecule has 0 saturated carbocycles. The second-order valence-electron chi connectivity index (χ2n) is 6.98. The van der Waals surface area contributed by atoms with E-state index in [1.54, 1.807) is 12.1 Å². The zero-order valence-corrected chi connectivity index (χ0v) is 14.4. The molecule has 7 heteroatoms. The predicted octanol–water partition coefficient (Wildman–Crippen LogP) is 5.86. The molecule has 0 atom stereocenters. The summed E-state index contributed by atoms with van der Waals surface area (Å²) in [4.78, 5) is 4.10. The molecule has 0 radical (unpaired) electrons. The first-order valence-electron chi connectivity index (χ1n) is 7.87. The summed E-state index contributed by atoms with van der Waals surface area (Å²) in [6, 6.07) is 9.59. The molecule has 26 heavy (non-hydrogen) atoms. The summed E-state index contributed by atoms with van der Waals surface area (Å²) in [5.74, 6) is -0.973. The Morgan fingerprint density at radius 2 is 1.50 bits per heavy atom. The fourth-order valence-electron chi connectivity index (χ4n) is 2.45. The van der Waals surface area contributed by atoms with Crippen LogP contribution in [-0.4, -0.2) is 10.1 Å². The summed E-state index contributed by atoms with van der Waals surface area (Å²) in [6.45, 7) is 6.24. The van der Waals surface area contributed by atoms with Gasteiger partial charge in [-0.1, -0.05) is 38.1 Å². The van der Waals surface area contributed by atoms with E-state index >= 15 is 0 Å². The number of halogens is 4. The van der Waals surface area contributed by atoms with Crippen LogP contribution in [0, 0.1) is 5.82 Å². The Bertz CT molecular complexity index is 922. The molecule has 0 spiro atoms. The van der Waals surface area contributed by atoms with Gasteiger partial charge in [-0.15, -0.1) is 0 Å². The molecule has 0 aliphatic heterocycles. The SMILES string of the molecule is CC(C)(C)c1ccc(-c2nc(-c3cc(F)cc(C(F)(F)F)c3)no2)cc1. The topological polar surface area (TPSA) is 38.9 Å². The van der Waals surface area contributed by atoms with E-state index in [9.17, 15) is 17.6 Å². The molecule has 0 saturated heterocycles. The lowest BCUT2D eigenvalue weighted by molar-refractivity contribution is -0.137. The van der Waals surface area contributed by atoms with E-state index in [4.69, 9.17) is 4.52 Å². The summed E-state index contributed by atoms with van der Waals surface area (Å²) in [7, 11) is 0.